The molecule has 2 heterocycles. The van der Waals surface area contributed by atoms with Crippen molar-refractivity contribution in [3.8, 4) is 5.75 Å². The summed E-state index contributed by atoms with van der Waals surface area (Å²) >= 11 is 0. The summed E-state index contributed by atoms with van der Waals surface area (Å²) in [6.45, 7) is 0.851. The van der Waals surface area contributed by atoms with Crippen LogP contribution in [0, 0.1) is 0 Å². The molecule has 0 bridgehead atoms. The highest BCUT2D eigenvalue weighted by Crippen LogP contribution is 2.41. The molecule has 1 aromatic heterocycles. The molecular weight excluding hydrogens is 498 g/mol. The Balaban J connectivity index is 1.63. The Morgan fingerprint density at radius 1 is 0.974 bits per heavy atom. The number of aliphatic hydroxyl groups is 3. The van der Waals surface area contributed by atoms with Crippen molar-refractivity contribution < 1.29 is 24.8 Å². The van der Waals surface area contributed by atoms with Crippen molar-refractivity contribution in [3.05, 3.63) is 124 Å². The number of rotatable bonds is 8. The lowest BCUT2D eigenvalue weighted by atomic mass is 9.77. The normalized spacial score (nSPS) is 22.9. The summed E-state index contributed by atoms with van der Waals surface area (Å²) in [6, 6.07) is 29.0. The van der Waals surface area contributed by atoms with Gasteiger partial charge in [-0.2, -0.15) is 4.98 Å². The number of nitrogens with zero attached hydrogens (tertiary/aromatic N) is 2. The van der Waals surface area contributed by atoms with Gasteiger partial charge in [-0.15, -0.1) is 0 Å². The summed E-state index contributed by atoms with van der Waals surface area (Å²) < 4.78 is 12.1. The monoisotopic (exact) mass is 529 g/mol. The molecule has 5 rings (SSSR count). The van der Waals surface area contributed by atoms with Crippen LogP contribution in [0.15, 0.2) is 102 Å². The first-order valence-corrected chi connectivity index (χ1v) is 12.6. The molecule has 4 aromatic rings. The summed E-state index contributed by atoms with van der Waals surface area (Å²) in [7, 11) is 1.61. The Morgan fingerprint density at radius 2 is 1.54 bits per heavy atom. The molecule has 1 unspecified atom stereocenters. The fraction of sp³-hybridized carbons (Fsp3) is 0.267. The topological polar surface area (TPSA) is 126 Å². The van der Waals surface area contributed by atoms with Crippen LogP contribution in [0.3, 0.4) is 0 Å². The first kappa shape index (κ1) is 26.6. The first-order valence-electron chi connectivity index (χ1n) is 12.6. The highest BCUT2D eigenvalue weighted by Gasteiger charge is 2.53. The van der Waals surface area contributed by atoms with Crippen molar-refractivity contribution in [1.82, 2.24) is 9.55 Å². The van der Waals surface area contributed by atoms with Gasteiger partial charge in [0.25, 0.3) is 0 Å². The van der Waals surface area contributed by atoms with Crippen molar-refractivity contribution in [2.24, 2.45) is 0 Å². The minimum atomic E-state index is -1.81. The largest absolute Gasteiger partial charge is 0.497 e. The zero-order valence-electron chi connectivity index (χ0n) is 21.6. The number of methoxy groups -OCH3 is 1. The maximum Gasteiger partial charge on any atom is 0.351 e. The van der Waals surface area contributed by atoms with E-state index in [4.69, 9.17) is 9.47 Å². The van der Waals surface area contributed by atoms with Gasteiger partial charge in [0.15, 0.2) is 6.23 Å². The zero-order chi connectivity index (χ0) is 27.6. The van der Waals surface area contributed by atoms with E-state index in [0.29, 0.717) is 5.75 Å². The number of aliphatic hydroxyl groups excluding tert-OH is 2. The molecule has 0 spiro atoms. The van der Waals surface area contributed by atoms with Crippen LogP contribution < -0.4 is 15.7 Å². The van der Waals surface area contributed by atoms with Gasteiger partial charge < -0.3 is 30.1 Å². The number of anilines is 1. The molecule has 1 saturated heterocycles. The van der Waals surface area contributed by atoms with Gasteiger partial charge in [0, 0.05) is 6.20 Å². The molecule has 9 heteroatoms. The predicted octanol–water partition coefficient (Wildman–Crippen LogP) is 2.66. The van der Waals surface area contributed by atoms with Gasteiger partial charge in [-0.25, -0.2) is 4.79 Å². The van der Waals surface area contributed by atoms with Gasteiger partial charge in [0.1, 0.15) is 34.9 Å². The van der Waals surface area contributed by atoms with Crippen LogP contribution in [0.2, 0.25) is 0 Å². The summed E-state index contributed by atoms with van der Waals surface area (Å²) in [5.74, 6) is 0.998. The third kappa shape index (κ3) is 4.70. The predicted molar refractivity (Wildman–Crippen MR) is 146 cm³/mol. The van der Waals surface area contributed by atoms with E-state index in [2.05, 4.69) is 10.3 Å². The molecule has 1 aliphatic heterocycles. The van der Waals surface area contributed by atoms with Gasteiger partial charge >= 0.3 is 5.69 Å². The molecule has 0 saturated carbocycles. The maximum absolute atomic E-state index is 13.3. The molecule has 4 atom stereocenters. The van der Waals surface area contributed by atoms with E-state index >= 15 is 0 Å². The van der Waals surface area contributed by atoms with Gasteiger partial charge in [-0.05, 0) is 41.8 Å². The molecule has 39 heavy (non-hydrogen) atoms. The van der Waals surface area contributed by atoms with Crippen LogP contribution in [0.5, 0.6) is 5.75 Å². The van der Waals surface area contributed by atoms with E-state index in [1.165, 1.54) is 13.1 Å². The van der Waals surface area contributed by atoms with Gasteiger partial charge in [-0.3, -0.25) is 4.57 Å². The Morgan fingerprint density at radius 3 is 2.03 bits per heavy atom. The first-order chi connectivity index (χ1) is 18.8. The fourth-order valence-corrected chi connectivity index (χ4v) is 5.18. The molecule has 3 aromatic carbocycles. The second-order valence-electron chi connectivity index (χ2n) is 9.72. The molecule has 1 fully saturated rings. The third-order valence-corrected chi connectivity index (χ3v) is 7.27. The summed E-state index contributed by atoms with van der Waals surface area (Å²) in [4.78, 5) is 17.5. The van der Waals surface area contributed by atoms with E-state index < -0.39 is 41.9 Å². The second kappa shape index (κ2) is 10.6. The van der Waals surface area contributed by atoms with Crippen molar-refractivity contribution >= 4 is 5.82 Å². The average molecular weight is 530 g/mol. The molecule has 1 aliphatic rings. The molecule has 0 radical (unpaired) electrons. The fourth-order valence-electron chi connectivity index (χ4n) is 5.18. The van der Waals surface area contributed by atoms with Gasteiger partial charge in [0.05, 0.1) is 13.7 Å². The highest BCUT2D eigenvalue weighted by atomic mass is 16.6. The van der Waals surface area contributed by atoms with Gasteiger partial charge in [-0.1, -0.05) is 72.8 Å². The summed E-state index contributed by atoms with van der Waals surface area (Å²) in [5, 5.41) is 34.3. The smallest absolute Gasteiger partial charge is 0.351 e. The number of aromatic nitrogens is 2. The third-order valence-electron chi connectivity index (χ3n) is 7.27. The molecular formula is C30H31N3O6. The van der Waals surface area contributed by atoms with Crippen molar-refractivity contribution in [2.45, 2.75) is 36.5 Å². The SMILES string of the molecule is COc1ccc(C(Nc2ccn([C@@H]3OC(CO)[C@@H](O)[C@@]3(C)O)c(=O)n2)(c2ccccc2)c2ccccc2)cc1. The van der Waals surface area contributed by atoms with Crippen LogP contribution in [-0.2, 0) is 10.3 Å². The minimum absolute atomic E-state index is 0.289. The number of hydrogen-bond donors (Lipinski definition) is 4. The maximum atomic E-state index is 13.3. The van der Waals surface area contributed by atoms with E-state index in [1.807, 2.05) is 84.9 Å². The lowest BCUT2D eigenvalue weighted by Crippen LogP contribution is -2.46. The Kier molecular flexibility index (Phi) is 7.24. The molecule has 0 amide bonds. The molecule has 0 aliphatic carbocycles. The standard InChI is InChI=1S/C30H31N3O6/c1-29(37)26(35)24(19-34)39-27(29)33-18-17-25(31-28(33)36)32-30(20-9-5-3-6-10-20,21-11-7-4-8-12-21)22-13-15-23(38-2)16-14-22/h3-18,24,26-27,34-35,37H,19H2,1-2H3,(H,31,32,36)/t24?,26-,27-,29-/m1/s1. The van der Waals surface area contributed by atoms with Crippen LogP contribution in [0.4, 0.5) is 5.82 Å². The van der Waals surface area contributed by atoms with E-state index in [-0.39, 0.29) is 5.82 Å². The summed E-state index contributed by atoms with van der Waals surface area (Å²) in [6.07, 6.45) is -2.18. The van der Waals surface area contributed by atoms with Gasteiger partial charge in [0.2, 0.25) is 0 Å². The lowest BCUT2D eigenvalue weighted by molar-refractivity contribution is -0.0986. The van der Waals surface area contributed by atoms with Crippen LogP contribution in [0.25, 0.3) is 0 Å². The van der Waals surface area contributed by atoms with Crippen molar-refractivity contribution in [3.63, 3.8) is 0 Å². The van der Waals surface area contributed by atoms with E-state index in [1.54, 1.807) is 13.2 Å². The van der Waals surface area contributed by atoms with Crippen molar-refractivity contribution in [2.75, 3.05) is 19.0 Å². The van der Waals surface area contributed by atoms with Crippen LogP contribution in [0.1, 0.15) is 29.8 Å². The molecule has 202 valence electrons. The Hall–Kier alpha value is -4.02. The lowest BCUT2D eigenvalue weighted by Gasteiger charge is -2.37. The second-order valence-corrected chi connectivity index (χ2v) is 9.72. The number of ether oxygens (including phenoxy) is 2. The number of benzene rings is 3. The number of nitrogens with one attached hydrogen (secondary N) is 1. The van der Waals surface area contributed by atoms with Crippen LogP contribution in [-0.4, -0.2) is 56.4 Å². The average Bonchev–Trinajstić information content (AvgIpc) is 3.20. The quantitative estimate of drug-likeness (QED) is 0.257. The minimum Gasteiger partial charge on any atom is -0.497 e. The van der Waals surface area contributed by atoms with Crippen molar-refractivity contribution in [1.29, 1.82) is 0 Å². The highest BCUT2D eigenvalue weighted by molar-refractivity contribution is 5.58. The zero-order valence-corrected chi connectivity index (χ0v) is 21.6. The summed E-state index contributed by atoms with van der Waals surface area (Å²) in [5.41, 5.74) is -0.710. The Labute approximate surface area is 225 Å². The molecule has 4 N–H and O–H groups in total. The van der Waals surface area contributed by atoms with Crippen LogP contribution >= 0.6 is 0 Å². The Bertz CT molecular complexity index is 1420. The van der Waals surface area contributed by atoms with E-state index in [0.717, 1.165) is 21.3 Å². The number of hydrogen-bond acceptors (Lipinski definition) is 8. The van der Waals surface area contributed by atoms with E-state index in [9.17, 15) is 20.1 Å². The molecule has 9 nitrogen and oxygen atoms in total.